The predicted octanol–water partition coefficient (Wildman–Crippen LogP) is 5.41. The number of rotatable bonds is 8. The minimum absolute atomic E-state index is 0.536. The van der Waals surface area contributed by atoms with E-state index in [9.17, 15) is 0 Å². The number of hydrogen-bond donors (Lipinski definition) is 1. The Balaban J connectivity index is 1.68. The average molecular weight is 446 g/mol. The van der Waals surface area contributed by atoms with E-state index >= 15 is 0 Å². The molecular weight excluding hydrogens is 414 g/mol. The number of nitrogens with zero attached hydrogens (tertiary/aromatic N) is 4. The van der Waals surface area contributed by atoms with Crippen molar-refractivity contribution in [3.05, 3.63) is 81.8 Å². The first-order valence-electron chi connectivity index (χ1n) is 11.0. The predicted molar refractivity (Wildman–Crippen MR) is 136 cm³/mol. The highest BCUT2D eigenvalue weighted by Gasteiger charge is 2.13. The summed E-state index contributed by atoms with van der Waals surface area (Å²) in [6.07, 6.45) is 0.802. The number of benzene rings is 2. The van der Waals surface area contributed by atoms with E-state index in [1.807, 2.05) is 29.6 Å². The molecule has 4 rings (SSSR count). The smallest absolute Gasteiger partial charge is 0.141 e. The lowest BCUT2D eigenvalue weighted by Gasteiger charge is -2.14. The van der Waals surface area contributed by atoms with Gasteiger partial charge in [-0.25, -0.2) is 9.98 Å². The number of thiophene rings is 1. The van der Waals surface area contributed by atoms with Crippen molar-refractivity contribution >= 4 is 33.9 Å². The van der Waals surface area contributed by atoms with E-state index in [0.717, 1.165) is 46.9 Å². The molecule has 2 aromatic carbocycles. The highest BCUT2D eigenvalue weighted by molar-refractivity contribution is 7.12. The normalized spacial score (nSPS) is 12.4. The van der Waals surface area contributed by atoms with Crippen LogP contribution in [0.4, 0.5) is 5.69 Å². The van der Waals surface area contributed by atoms with Gasteiger partial charge in [-0.05, 0) is 60.8 Å². The fourth-order valence-corrected chi connectivity index (χ4v) is 4.37. The third-order valence-electron chi connectivity index (χ3n) is 5.61. The molecule has 0 fully saturated rings. The lowest BCUT2D eigenvalue weighted by molar-refractivity contribution is 0.384. The summed E-state index contributed by atoms with van der Waals surface area (Å²) >= 11 is 1.59. The number of amidine groups is 1. The van der Waals surface area contributed by atoms with E-state index < -0.39 is 0 Å². The maximum absolute atomic E-state index is 6.20. The zero-order chi connectivity index (χ0) is 22.7. The summed E-state index contributed by atoms with van der Waals surface area (Å²) in [5.74, 6) is 2.15. The van der Waals surface area contributed by atoms with Gasteiger partial charge >= 0.3 is 0 Å². The second-order valence-corrected chi connectivity index (χ2v) is 9.65. The first-order valence-corrected chi connectivity index (χ1v) is 11.9. The number of aliphatic imine (C=N–C) groups is 1. The standard InChI is InChI=1S/C26H31N5S/c1-18(2)20-9-7-19(8-10-20)16-25-29-22-17-21(28-26(27)24-6-5-15-32-24)11-12-23(22)31(25)14-13-30(3)4/h5-12,15,17-18H,13-14,16H2,1-4H3,(H2,27,28). The van der Waals surface area contributed by atoms with Crippen LogP contribution in [0, 0.1) is 0 Å². The van der Waals surface area contributed by atoms with Gasteiger partial charge in [0, 0.05) is 19.5 Å². The quantitative estimate of drug-likeness (QED) is 0.291. The first kappa shape index (κ1) is 22.2. The lowest BCUT2D eigenvalue weighted by Crippen LogP contribution is -2.19. The molecule has 166 valence electrons. The Morgan fingerprint density at radius 2 is 1.91 bits per heavy atom. The number of imidazole rings is 1. The second-order valence-electron chi connectivity index (χ2n) is 8.70. The Morgan fingerprint density at radius 3 is 2.56 bits per heavy atom. The van der Waals surface area contributed by atoms with Crippen LogP contribution in [0.5, 0.6) is 0 Å². The largest absolute Gasteiger partial charge is 0.383 e. The molecule has 2 N–H and O–H groups in total. The summed E-state index contributed by atoms with van der Waals surface area (Å²) in [5.41, 5.74) is 11.7. The van der Waals surface area contributed by atoms with Gasteiger partial charge in [0.15, 0.2) is 0 Å². The number of aromatic nitrogens is 2. The molecule has 2 heterocycles. The minimum atomic E-state index is 0.536. The van der Waals surface area contributed by atoms with Gasteiger partial charge < -0.3 is 15.2 Å². The Hall–Kier alpha value is -2.96. The van der Waals surface area contributed by atoms with Crippen molar-refractivity contribution in [2.24, 2.45) is 10.7 Å². The van der Waals surface area contributed by atoms with Gasteiger partial charge in [0.25, 0.3) is 0 Å². The third kappa shape index (κ3) is 5.09. The lowest BCUT2D eigenvalue weighted by atomic mass is 10.0. The Labute approximate surface area is 194 Å². The molecule has 0 radical (unpaired) electrons. The minimum Gasteiger partial charge on any atom is -0.383 e. The molecular formula is C26H31N5S. The Morgan fingerprint density at radius 1 is 1.12 bits per heavy atom. The van der Waals surface area contributed by atoms with Gasteiger partial charge in [0.05, 0.1) is 21.6 Å². The van der Waals surface area contributed by atoms with Gasteiger partial charge in [0.1, 0.15) is 11.7 Å². The van der Waals surface area contributed by atoms with Crippen LogP contribution in [-0.4, -0.2) is 40.9 Å². The molecule has 4 aromatic rings. The van der Waals surface area contributed by atoms with Gasteiger partial charge in [-0.3, -0.25) is 0 Å². The zero-order valence-electron chi connectivity index (χ0n) is 19.2. The summed E-state index contributed by atoms with van der Waals surface area (Å²) in [4.78, 5) is 12.8. The SMILES string of the molecule is CC(C)c1ccc(Cc2nc3cc(N=C(N)c4cccs4)ccc3n2CCN(C)C)cc1. The van der Waals surface area contributed by atoms with Gasteiger partial charge in [-0.15, -0.1) is 11.3 Å². The molecule has 2 aromatic heterocycles. The van der Waals surface area contributed by atoms with Crippen molar-refractivity contribution in [3.8, 4) is 0 Å². The van der Waals surface area contributed by atoms with Crippen molar-refractivity contribution < 1.29 is 0 Å². The average Bonchev–Trinajstić information content (AvgIpc) is 3.40. The van der Waals surface area contributed by atoms with E-state index in [1.54, 1.807) is 11.3 Å². The molecule has 0 aliphatic heterocycles. The maximum Gasteiger partial charge on any atom is 0.141 e. The molecule has 0 aliphatic rings. The van der Waals surface area contributed by atoms with Crippen molar-refractivity contribution in [2.75, 3.05) is 20.6 Å². The summed E-state index contributed by atoms with van der Waals surface area (Å²) in [7, 11) is 4.20. The van der Waals surface area contributed by atoms with Gasteiger partial charge in [-0.2, -0.15) is 0 Å². The van der Waals surface area contributed by atoms with Gasteiger partial charge in [0.2, 0.25) is 0 Å². The van der Waals surface area contributed by atoms with Crippen LogP contribution in [0.2, 0.25) is 0 Å². The van der Waals surface area contributed by atoms with Crippen LogP contribution < -0.4 is 5.73 Å². The van der Waals surface area contributed by atoms with Crippen molar-refractivity contribution in [3.63, 3.8) is 0 Å². The summed E-state index contributed by atoms with van der Waals surface area (Å²) in [6.45, 7) is 6.29. The van der Waals surface area contributed by atoms with Crippen LogP contribution in [0.3, 0.4) is 0 Å². The van der Waals surface area contributed by atoms with E-state index in [0.29, 0.717) is 11.8 Å². The molecule has 0 bridgehead atoms. The first-order chi connectivity index (χ1) is 15.4. The van der Waals surface area contributed by atoms with Crippen LogP contribution in [0.15, 0.2) is 65.0 Å². The summed E-state index contributed by atoms with van der Waals surface area (Å²) in [6, 6.07) is 19.1. The van der Waals surface area contributed by atoms with E-state index in [4.69, 9.17) is 10.7 Å². The van der Waals surface area contributed by atoms with Crippen LogP contribution in [0.1, 0.15) is 41.6 Å². The number of likely N-dealkylation sites (N-methyl/N-ethyl adjacent to an activating group) is 1. The molecule has 0 saturated carbocycles. The van der Waals surface area contributed by atoms with E-state index in [-0.39, 0.29) is 0 Å². The van der Waals surface area contributed by atoms with Crippen molar-refractivity contribution in [1.82, 2.24) is 14.5 Å². The molecule has 0 amide bonds. The van der Waals surface area contributed by atoms with Crippen LogP contribution in [-0.2, 0) is 13.0 Å². The van der Waals surface area contributed by atoms with Crippen LogP contribution in [0.25, 0.3) is 11.0 Å². The maximum atomic E-state index is 6.20. The second kappa shape index (κ2) is 9.67. The molecule has 0 atom stereocenters. The van der Waals surface area contributed by atoms with Crippen molar-refractivity contribution in [2.45, 2.75) is 32.7 Å². The fraction of sp³-hybridized carbons (Fsp3) is 0.308. The molecule has 5 nitrogen and oxygen atoms in total. The molecule has 0 aliphatic carbocycles. The monoisotopic (exact) mass is 445 g/mol. The topological polar surface area (TPSA) is 59.4 Å². The van der Waals surface area contributed by atoms with Gasteiger partial charge in [-0.1, -0.05) is 44.2 Å². The summed E-state index contributed by atoms with van der Waals surface area (Å²) < 4.78 is 2.34. The fourth-order valence-electron chi connectivity index (χ4n) is 3.74. The van der Waals surface area contributed by atoms with E-state index in [2.05, 4.69) is 72.7 Å². The van der Waals surface area contributed by atoms with Crippen molar-refractivity contribution in [1.29, 1.82) is 0 Å². The Bertz CT molecular complexity index is 1200. The van der Waals surface area contributed by atoms with Crippen LogP contribution >= 0.6 is 11.3 Å². The molecule has 32 heavy (non-hydrogen) atoms. The highest BCUT2D eigenvalue weighted by atomic mass is 32.1. The molecule has 0 unspecified atom stereocenters. The highest BCUT2D eigenvalue weighted by Crippen LogP contribution is 2.25. The molecule has 0 saturated heterocycles. The van der Waals surface area contributed by atoms with E-state index in [1.165, 1.54) is 11.1 Å². The number of hydrogen-bond acceptors (Lipinski definition) is 4. The number of fused-ring (bicyclic) bond motifs is 1. The zero-order valence-corrected chi connectivity index (χ0v) is 20.1. The molecule has 6 heteroatoms. The molecule has 0 spiro atoms. The number of nitrogens with two attached hydrogens (primary N) is 1. The summed E-state index contributed by atoms with van der Waals surface area (Å²) in [5, 5.41) is 2.01. The third-order valence-corrected chi connectivity index (χ3v) is 6.51. The Kier molecular flexibility index (Phi) is 6.72.